The zero-order chi connectivity index (χ0) is 28.4. The minimum Gasteiger partial charge on any atom is -0.507 e. The fourth-order valence-corrected chi connectivity index (χ4v) is 4.23. The molecular formula is C28H18BrF2N5O4. The number of carbonyl (C=O) groups excluding carboxylic acids is 1. The molecular weight excluding hydrogens is 588 g/mol. The van der Waals surface area contributed by atoms with E-state index in [2.05, 4.69) is 31.2 Å². The number of nitrogens with two attached hydrogens (primary N) is 1. The lowest BCUT2D eigenvalue weighted by molar-refractivity contribution is 0.102. The molecule has 0 bridgehead atoms. The normalized spacial score (nSPS) is 10.8. The minimum absolute atomic E-state index is 0.0177. The number of benzene rings is 3. The first-order valence-electron chi connectivity index (χ1n) is 11.6. The number of aromatic nitrogens is 3. The van der Waals surface area contributed by atoms with Crippen LogP contribution in [0.25, 0.3) is 16.9 Å². The van der Waals surface area contributed by atoms with Gasteiger partial charge in [-0.3, -0.25) is 14.2 Å². The van der Waals surface area contributed by atoms with Crippen LogP contribution in [0.2, 0.25) is 0 Å². The average Bonchev–Trinajstić information content (AvgIpc) is 2.92. The molecule has 40 heavy (non-hydrogen) atoms. The number of halogens is 3. The van der Waals surface area contributed by atoms with E-state index in [1.54, 1.807) is 6.07 Å². The van der Waals surface area contributed by atoms with E-state index in [0.29, 0.717) is 21.4 Å². The summed E-state index contributed by atoms with van der Waals surface area (Å²) < 4.78 is 35.5. The highest BCUT2D eigenvalue weighted by atomic mass is 79.9. The number of phenols is 1. The number of nitrogens with one attached hydrogen (secondary N) is 1. The zero-order valence-electron chi connectivity index (χ0n) is 20.3. The molecule has 4 N–H and O–H groups in total. The van der Waals surface area contributed by atoms with Gasteiger partial charge in [0.25, 0.3) is 11.5 Å². The van der Waals surface area contributed by atoms with E-state index >= 15 is 0 Å². The maximum absolute atomic E-state index is 14.9. The second-order valence-electron chi connectivity index (χ2n) is 8.40. The highest BCUT2D eigenvalue weighted by Gasteiger charge is 2.17. The number of phenolic OH excluding ortho intramolecular Hbond substituents is 1. The first-order valence-corrected chi connectivity index (χ1v) is 12.4. The summed E-state index contributed by atoms with van der Waals surface area (Å²) in [5, 5.41) is 12.7. The molecule has 0 aliphatic rings. The molecule has 0 saturated carbocycles. The third-order valence-electron chi connectivity index (χ3n) is 5.67. The third kappa shape index (κ3) is 5.66. The molecule has 0 saturated heterocycles. The Morgan fingerprint density at radius 3 is 2.52 bits per heavy atom. The van der Waals surface area contributed by atoms with E-state index in [4.69, 9.17) is 10.5 Å². The summed E-state index contributed by atoms with van der Waals surface area (Å²) in [5.41, 5.74) is 5.83. The van der Waals surface area contributed by atoms with Gasteiger partial charge in [-0.2, -0.15) is 0 Å². The lowest BCUT2D eigenvalue weighted by Gasteiger charge is -2.12. The van der Waals surface area contributed by atoms with Crippen molar-refractivity contribution in [1.29, 1.82) is 0 Å². The van der Waals surface area contributed by atoms with Gasteiger partial charge < -0.3 is 20.9 Å². The third-order valence-corrected chi connectivity index (χ3v) is 6.10. The van der Waals surface area contributed by atoms with E-state index in [1.807, 2.05) is 0 Å². The number of rotatable bonds is 6. The second-order valence-corrected chi connectivity index (χ2v) is 9.32. The Bertz CT molecular complexity index is 1810. The number of carbonyl (C=O) groups is 1. The van der Waals surface area contributed by atoms with Crippen LogP contribution in [0, 0.1) is 11.6 Å². The molecule has 200 valence electrons. The fraction of sp³-hybridized carbons (Fsp3) is 0. The molecule has 0 aliphatic carbocycles. The summed E-state index contributed by atoms with van der Waals surface area (Å²) in [6, 6.07) is 16.1. The van der Waals surface area contributed by atoms with Crippen molar-refractivity contribution >= 4 is 33.5 Å². The van der Waals surface area contributed by atoms with Crippen molar-refractivity contribution in [2.75, 3.05) is 11.1 Å². The van der Waals surface area contributed by atoms with E-state index in [0.717, 1.165) is 6.07 Å². The molecule has 0 fully saturated rings. The van der Waals surface area contributed by atoms with Gasteiger partial charge in [-0.25, -0.2) is 18.7 Å². The maximum atomic E-state index is 14.9. The smallest absolute Gasteiger partial charge is 0.268 e. The van der Waals surface area contributed by atoms with Gasteiger partial charge in [0.15, 0.2) is 11.6 Å². The van der Waals surface area contributed by atoms with Crippen LogP contribution in [0.15, 0.2) is 94.5 Å². The topological polar surface area (TPSA) is 132 Å². The Labute approximate surface area is 233 Å². The SMILES string of the molecule is Nc1nccc(-c2cc(Oc3ccc(NC(=O)c4cc(Br)cn(-c5ccc(F)cc5)c4=O)cc3F)ccc2O)n1. The quantitative estimate of drug-likeness (QED) is 0.227. The molecule has 0 radical (unpaired) electrons. The Kier molecular flexibility index (Phi) is 7.25. The van der Waals surface area contributed by atoms with Gasteiger partial charge in [0.2, 0.25) is 5.95 Å². The van der Waals surface area contributed by atoms with E-state index in [1.165, 1.54) is 77.6 Å². The number of nitrogen functional groups attached to an aromatic ring is 1. The largest absolute Gasteiger partial charge is 0.507 e. The molecule has 0 spiro atoms. The number of pyridine rings is 1. The first kappa shape index (κ1) is 26.5. The number of nitrogens with zero attached hydrogens (tertiary/aromatic N) is 3. The van der Waals surface area contributed by atoms with Gasteiger partial charge in [0, 0.05) is 39.9 Å². The van der Waals surface area contributed by atoms with Crippen molar-refractivity contribution < 1.29 is 23.4 Å². The van der Waals surface area contributed by atoms with Crippen molar-refractivity contribution in [2.45, 2.75) is 0 Å². The van der Waals surface area contributed by atoms with E-state index < -0.39 is 23.1 Å². The Hall–Kier alpha value is -5.10. The number of aromatic hydroxyl groups is 1. The van der Waals surface area contributed by atoms with Gasteiger partial charge in [0.05, 0.1) is 5.69 Å². The highest BCUT2D eigenvalue weighted by molar-refractivity contribution is 9.10. The second kappa shape index (κ2) is 10.9. The molecule has 2 aromatic heterocycles. The molecule has 0 aliphatic heterocycles. The fourth-order valence-electron chi connectivity index (χ4n) is 3.80. The van der Waals surface area contributed by atoms with Crippen LogP contribution >= 0.6 is 15.9 Å². The van der Waals surface area contributed by atoms with Crippen LogP contribution in [-0.4, -0.2) is 25.5 Å². The lowest BCUT2D eigenvalue weighted by Crippen LogP contribution is -2.28. The van der Waals surface area contributed by atoms with Crippen molar-refractivity contribution in [3.8, 4) is 34.2 Å². The summed E-state index contributed by atoms with van der Waals surface area (Å²) in [6.07, 6.45) is 2.89. The van der Waals surface area contributed by atoms with Gasteiger partial charge in [-0.15, -0.1) is 0 Å². The average molecular weight is 606 g/mol. The van der Waals surface area contributed by atoms with Crippen LogP contribution in [0.1, 0.15) is 10.4 Å². The van der Waals surface area contributed by atoms with Crippen LogP contribution in [-0.2, 0) is 0 Å². The highest BCUT2D eigenvalue weighted by Crippen LogP contribution is 2.34. The minimum atomic E-state index is -0.795. The van der Waals surface area contributed by atoms with E-state index in [9.17, 15) is 23.5 Å². The number of amides is 1. The van der Waals surface area contributed by atoms with Gasteiger partial charge in [-0.05, 0) is 82.7 Å². The van der Waals surface area contributed by atoms with Crippen molar-refractivity contribution in [3.05, 3.63) is 117 Å². The molecule has 0 atom stereocenters. The molecule has 5 aromatic rings. The summed E-state index contributed by atoms with van der Waals surface area (Å²) >= 11 is 3.27. The number of ether oxygens (including phenoxy) is 1. The van der Waals surface area contributed by atoms with Crippen LogP contribution in [0.5, 0.6) is 17.2 Å². The molecule has 1 amide bonds. The van der Waals surface area contributed by atoms with Gasteiger partial charge in [0.1, 0.15) is 22.9 Å². The lowest BCUT2D eigenvalue weighted by atomic mass is 10.1. The molecule has 3 aromatic carbocycles. The Morgan fingerprint density at radius 2 is 1.80 bits per heavy atom. The van der Waals surface area contributed by atoms with Gasteiger partial charge in [-0.1, -0.05) is 0 Å². The zero-order valence-corrected chi connectivity index (χ0v) is 21.9. The number of hydrogen-bond donors (Lipinski definition) is 3. The summed E-state index contributed by atoms with van der Waals surface area (Å²) in [5.74, 6) is -2.06. The standard InChI is InChI=1S/C28H18BrF2N5O4/c29-15-11-21(27(39)36(14-15)18-4-1-16(30)2-5-18)26(38)34-17-3-8-25(22(31)12-17)40-19-6-7-24(37)20(13-19)23-9-10-33-28(32)35-23/h1-14,37H,(H,34,38)(H2,32,33,35). The van der Waals surface area contributed by atoms with Crippen molar-refractivity contribution in [2.24, 2.45) is 0 Å². The van der Waals surface area contributed by atoms with Crippen LogP contribution in [0.4, 0.5) is 20.4 Å². The van der Waals surface area contributed by atoms with E-state index in [-0.39, 0.29) is 34.4 Å². The van der Waals surface area contributed by atoms with Crippen LogP contribution < -0.4 is 21.3 Å². The first-order chi connectivity index (χ1) is 19.2. The summed E-state index contributed by atoms with van der Waals surface area (Å²) in [7, 11) is 0. The predicted octanol–water partition coefficient (Wildman–Crippen LogP) is 5.67. The molecule has 2 heterocycles. The summed E-state index contributed by atoms with van der Waals surface area (Å²) in [4.78, 5) is 33.8. The Balaban J connectivity index is 1.36. The maximum Gasteiger partial charge on any atom is 0.268 e. The molecule has 0 unspecified atom stereocenters. The predicted molar refractivity (Wildman–Crippen MR) is 148 cm³/mol. The monoisotopic (exact) mass is 605 g/mol. The summed E-state index contributed by atoms with van der Waals surface area (Å²) in [6.45, 7) is 0. The Morgan fingerprint density at radius 1 is 1.02 bits per heavy atom. The number of anilines is 2. The van der Waals surface area contributed by atoms with Gasteiger partial charge >= 0.3 is 0 Å². The number of hydrogen-bond acceptors (Lipinski definition) is 7. The van der Waals surface area contributed by atoms with Crippen molar-refractivity contribution in [1.82, 2.24) is 14.5 Å². The van der Waals surface area contributed by atoms with Crippen LogP contribution in [0.3, 0.4) is 0 Å². The molecule has 9 nitrogen and oxygen atoms in total. The molecule has 5 rings (SSSR count). The van der Waals surface area contributed by atoms with Crippen molar-refractivity contribution in [3.63, 3.8) is 0 Å². The molecule has 12 heteroatoms.